The third-order valence-corrected chi connectivity index (χ3v) is 3.84. The molecule has 0 fully saturated rings. The first kappa shape index (κ1) is 7.55. The van der Waals surface area contributed by atoms with Crippen molar-refractivity contribution in [3.8, 4) is 0 Å². The van der Waals surface area contributed by atoms with Crippen molar-refractivity contribution in [2.24, 2.45) is 0 Å². The molecule has 0 saturated heterocycles. The second-order valence-corrected chi connectivity index (χ2v) is 8.38. The minimum atomic E-state index is -0.929. The molecular formula is C5H11LiSi. The van der Waals surface area contributed by atoms with E-state index in [-0.39, 0.29) is 0 Å². The van der Waals surface area contributed by atoms with Crippen LogP contribution in [0.2, 0.25) is 19.6 Å². The molecule has 36 valence electrons. The van der Waals surface area contributed by atoms with Crippen LogP contribution in [-0.4, -0.2) is 25.8 Å². The average molecular weight is 106 g/mol. The van der Waals surface area contributed by atoms with Gasteiger partial charge in [0.15, 0.2) is 0 Å². The van der Waals surface area contributed by atoms with Gasteiger partial charge in [0.1, 0.15) is 0 Å². The summed E-state index contributed by atoms with van der Waals surface area (Å²) < 4.78 is 1.38. The first-order chi connectivity index (χ1) is 2.94. The fourth-order valence-corrected chi connectivity index (χ4v) is 0. The van der Waals surface area contributed by atoms with Crippen LogP contribution < -0.4 is 0 Å². The van der Waals surface area contributed by atoms with Crippen molar-refractivity contribution < 1.29 is 0 Å². The molecule has 0 heterocycles. The van der Waals surface area contributed by atoms with Gasteiger partial charge in [-0.15, -0.1) is 0 Å². The zero-order valence-electron chi connectivity index (χ0n) is 5.71. The molecule has 0 bridgehead atoms. The maximum atomic E-state index is 3.89. The molecule has 0 aliphatic heterocycles. The summed E-state index contributed by atoms with van der Waals surface area (Å²) in [4.78, 5) is 0. The molecule has 0 rings (SSSR count). The van der Waals surface area contributed by atoms with Gasteiger partial charge in [0.25, 0.3) is 0 Å². The minimum absolute atomic E-state index is 0.929. The molecule has 0 aromatic heterocycles. The first-order valence-corrected chi connectivity index (χ1v) is 6.10. The van der Waals surface area contributed by atoms with Crippen molar-refractivity contribution in [1.29, 1.82) is 0 Å². The molecule has 0 N–H and O–H groups in total. The normalized spacial score (nSPS) is 11.6. The van der Waals surface area contributed by atoms with Crippen LogP contribution in [0, 0.1) is 0 Å². The van der Waals surface area contributed by atoms with E-state index in [4.69, 9.17) is 0 Å². The van der Waals surface area contributed by atoms with Gasteiger partial charge in [-0.1, -0.05) is 0 Å². The molecule has 0 atom stereocenters. The molecule has 0 aromatic carbocycles. The van der Waals surface area contributed by atoms with E-state index in [2.05, 4.69) is 43.9 Å². The van der Waals surface area contributed by atoms with Crippen molar-refractivity contribution in [2.45, 2.75) is 19.6 Å². The summed E-state index contributed by atoms with van der Waals surface area (Å²) in [6.07, 6.45) is 0. The van der Waals surface area contributed by atoms with Crippen molar-refractivity contribution in [2.75, 3.05) is 0 Å². The van der Waals surface area contributed by atoms with Crippen LogP contribution in [0.25, 0.3) is 0 Å². The Hall–Kier alpha value is 0.554. The third kappa shape index (κ3) is 3.16. The quantitative estimate of drug-likeness (QED) is 0.445. The molecular weight excluding hydrogens is 95.1 g/mol. The Morgan fingerprint density at radius 3 is 1.57 bits per heavy atom. The topological polar surface area (TPSA) is 0 Å². The molecule has 0 unspecified atom stereocenters. The molecule has 0 nitrogen and oxygen atoms in total. The van der Waals surface area contributed by atoms with Gasteiger partial charge >= 0.3 is 55.9 Å². The van der Waals surface area contributed by atoms with Gasteiger partial charge in [-0.3, -0.25) is 0 Å². The molecule has 7 heavy (non-hydrogen) atoms. The predicted molar refractivity (Wildman–Crippen MR) is 38.2 cm³/mol. The van der Waals surface area contributed by atoms with Gasteiger partial charge in [-0.25, -0.2) is 0 Å². The van der Waals surface area contributed by atoms with Gasteiger partial charge < -0.3 is 0 Å². The van der Waals surface area contributed by atoms with E-state index in [1.54, 1.807) is 0 Å². The predicted octanol–water partition coefficient (Wildman–Crippen LogP) is 1.55. The standard InChI is InChI=1S/C5H11Si.Li/c1-5-6(2,3)4;/h1H2,2-4H3;. The van der Waals surface area contributed by atoms with Crippen LogP contribution in [0.3, 0.4) is 0 Å². The van der Waals surface area contributed by atoms with Crippen LogP contribution in [0.4, 0.5) is 0 Å². The number of rotatable bonds is 1. The maximum absolute atomic E-state index is 3.89. The molecule has 0 amide bonds. The third-order valence-electron chi connectivity index (χ3n) is 1.28. The second kappa shape index (κ2) is 2.22. The van der Waals surface area contributed by atoms with Crippen molar-refractivity contribution in [3.05, 3.63) is 10.4 Å². The van der Waals surface area contributed by atoms with Crippen LogP contribution in [0.1, 0.15) is 0 Å². The summed E-state index contributed by atoms with van der Waals surface area (Å²) in [6, 6.07) is 0. The fourth-order valence-electron chi connectivity index (χ4n) is 0. The van der Waals surface area contributed by atoms with Gasteiger partial charge in [-0.2, -0.15) is 0 Å². The number of hydrogen-bond acceptors (Lipinski definition) is 0. The van der Waals surface area contributed by atoms with E-state index in [0.29, 0.717) is 0 Å². The zero-order chi connectivity index (χ0) is 6.08. The monoisotopic (exact) mass is 106 g/mol. The van der Waals surface area contributed by atoms with Crippen molar-refractivity contribution in [1.82, 2.24) is 0 Å². The van der Waals surface area contributed by atoms with Gasteiger partial charge in [0.05, 0.1) is 0 Å². The zero-order valence-corrected chi connectivity index (χ0v) is 6.71. The average Bonchev–Trinajstić information content (AvgIpc) is 1.31. The Morgan fingerprint density at radius 1 is 1.43 bits per heavy atom. The summed E-state index contributed by atoms with van der Waals surface area (Å²) in [6.45, 7) is 10.8. The molecule has 0 radical (unpaired) electrons. The summed E-state index contributed by atoms with van der Waals surface area (Å²) in [5.41, 5.74) is 0. The SMILES string of the molecule is [Li][C](=C)[Si](C)(C)C. The van der Waals surface area contributed by atoms with Gasteiger partial charge in [-0.05, 0) is 0 Å². The molecule has 0 aliphatic carbocycles. The van der Waals surface area contributed by atoms with Crippen molar-refractivity contribution >= 4 is 25.8 Å². The molecule has 2 heteroatoms. The Bertz CT molecular complexity index is 80.6. The van der Waals surface area contributed by atoms with Crippen molar-refractivity contribution in [3.63, 3.8) is 0 Å². The van der Waals surface area contributed by atoms with Crippen LogP contribution >= 0.6 is 0 Å². The van der Waals surface area contributed by atoms with Gasteiger partial charge in [0, 0.05) is 0 Å². The first-order valence-electron chi connectivity index (χ1n) is 2.60. The Kier molecular flexibility index (Phi) is 2.39. The van der Waals surface area contributed by atoms with E-state index in [9.17, 15) is 0 Å². The Morgan fingerprint density at radius 2 is 1.57 bits per heavy atom. The summed E-state index contributed by atoms with van der Waals surface area (Å²) in [5, 5.41) is 0. The van der Waals surface area contributed by atoms with Crippen LogP contribution in [-0.2, 0) is 0 Å². The summed E-state index contributed by atoms with van der Waals surface area (Å²) >= 11 is 2.12. The Balaban J connectivity index is 3.79. The Labute approximate surface area is 56.2 Å². The van der Waals surface area contributed by atoms with E-state index >= 15 is 0 Å². The fraction of sp³-hybridized carbons (Fsp3) is 0.600. The molecule has 0 saturated carbocycles. The molecule has 0 aliphatic rings. The van der Waals surface area contributed by atoms with E-state index < -0.39 is 8.07 Å². The van der Waals surface area contributed by atoms with Crippen LogP contribution in [0.5, 0.6) is 0 Å². The van der Waals surface area contributed by atoms with Gasteiger partial charge in [0.2, 0.25) is 0 Å². The van der Waals surface area contributed by atoms with E-state index in [1.807, 2.05) is 0 Å². The molecule has 0 spiro atoms. The summed E-state index contributed by atoms with van der Waals surface area (Å²) in [7, 11) is -0.929. The van der Waals surface area contributed by atoms with E-state index in [0.717, 1.165) is 0 Å². The van der Waals surface area contributed by atoms with Crippen LogP contribution in [0.15, 0.2) is 10.4 Å². The second-order valence-electron chi connectivity index (χ2n) is 3.03. The molecule has 0 aromatic rings. The summed E-state index contributed by atoms with van der Waals surface area (Å²) in [5.74, 6) is 0. The van der Waals surface area contributed by atoms with E-state index in [1.165, 1.54) is 3.87 Å². The number of hydrogen-bond donors (Lipinski definition) is 0.